The molecule has 1 N–H and O–H groups in total. The molecule has 0 saturated carbocycles. The largest absolute Gasteiger partial charge is 0.358 e. The van der Waals surface area contributed by atoms with Gasteiger partial charge in [0, 0.05) is 19.0 Å². The Morgan fingerprint density at radius 2 is 2.33 bits per heavy atom. The molecule has 1 atom stereocenters. The third-order valence-corrected chi connectivity index (χ3v) is 2.56. The third kappa shape index (κ3) is 3.39. The summed E-state index contributed by atoms with van der Waals surface area (Å²) in [7, 11) is 1.83. The van der Waals surface area contributed by atoms with Crippen molar-refractivity contribution in [3.63, 3.8) is 0 Å². The van der Waals surface area contributed by atoms with Crippen molar-refractivity contribution < 1.29 is 0 Å². The number of nitrogens with one attached hydrogen (secondary N) is 1. The van der Waals surface area contributed by atoms with Gasteiger partial charge in [0.05, 0.1) is 6.33 Å². The van der Waals surface area contributed by atoms with Gasteiger partial charge in [-0.15, -0.1) is 11.6 Å². The fourth-order valence-corrected chi connectivity index (χ4v) is 1.46. The molecule has 0 aliphatic carbocycles. The number of hydrogen-bond donors (Lipinski definition) is 1. The van der Waals surface area contributed by atoms with Crippen LogP contribution < -0.4 is 10.5 Å². The van der Waals surface area contributed by atoms with E-state index in [4.69, 9.17) is 23.2 Å². The van der Waals surface area contributed by atoms with Crippen LogP contribution in [0.15, 0.2) is 11.1 Å². The average Bonchev–Trinajstić information content (AvgIpc) is 2.18. The first-order valence-electron chi connectivity index (χ1n) is 4.60. The SMILES string of the molecule is CC(Cl)CCN(C)c1nc[nH]c(=O)c1Cl. The van der Waals surface area contributed by atoms with Gasteiger partial charge in [0.25, 0.3) is 5.56 Å². The average molecular weight is 250 g/mol. The van der Waals surface area contributed by atoms with Crippen LogP contribution in [0.4, 0.5) is 5.82 Å². The van der Waals surface area contributed by atoms with Crippen LogP contribution in [0, 0.1) is 0 Å². The second-order valence-corrected chi connectivity index (χ2v) is 4.48. The Kier molecular flexibility index (Phi) is 4.42. The number of aromatic amines is 1. The van der Waals surface area contributed by atoms with E-state index in [1.807, 2.05) is 18.9 Å². The number of alkyl halides is 1. The first-order chi connectivity index (χ1) is 7.02. The zero-order valence-electron chi connectivity index (χ0n) is 8.63. The quantitative estimate of drug-likeness (QED) is 0.830. The second-order valence-electron chi connectivity index (χ2n) is 3.36. The third-order valence-electron chi connectivity index (χ3n) is 2.00. The molecule has 0 fully saturated rings. The molecule has 0 saturated heterocycles. The monoisotopic (exact) mass is 249 g/mol. The van der Waals surface area contributed by atoms with Crippen molar-refractivity contribution in [1.29, 1.82) is 0 Å². The van der Waals surface area contributed by atoms with Gasteiger partial charge in [-0.2, -0.15) is 0 Å². The normalized spacial score (nSPS) is 12.5. The molecule has 1 unspecified atom stereocenters. The van der Waals surface area contributed by atoms with Crippen molar-refractivity contribution in [1.82, 2.24) is 9.97 Å². The van der Waals surface area contributed by atoms with Crippen LogP contribution in [0.5, 0.6) is 0 Å². The second kappa shape index (κ2) is 5.37. The highest BCUT2D eigenvalue weighted by atomic mass is 35.5. The maximum Gasteiger partial charge on any atom is 0.271 e. The van der Waals surface area contributed by atoms with Crippen LogP contribution in [0.3, 0.4) is 0 Å². The van der Waals surface area contributed by atoms with Crippen LogP contribution >= 0.6 is 23.2 Å². The summed E-state index contributed by atoms with van der Waals surface area (Å²) >= 11 is 11.7. The zero-order chi connectivity index (χ0) is 11.4. The summed E-state index contributed by atoms with van der Waals surface area (Å²) in [5.74, 6) is 0.484. The molecular weight excluding hydrogens is 237 g/mol. The molecule has 84 valence electrons. The molecular formula is C9H13Cl2N3O. The van der Waals surface area contributed by atoms with Crippen LogP contribution in [0.1, 0.15) is 13.3 Å². The highest BCUT2D eigenvalue weighted by molar-refractivity contribution is 6.32. The van der Waals surface area contributed by atoms with Crippen LogP contribution in [-0.4, -0.2) is 28.9 Å². The minimum absolute atomic E-state index is 0.0909. The molecule has 4 nitrogen and oxygen atoms in total. The van der Waals surface area contributed by atoms with Gasteiger partial charge in [-0.3, -0.25) is 4.79 Å². The minimum atomic E-state index is -0.326. The van der Waals surface area contributed by atoms with Gasteiger partial charge in [0.2, 0.25) is 0 Å². The van der Waals surface area contributed by atoms with Crippen LogP contribution in [-0.2, 0) is 0 Å². The van der Waals surface area contributed by atoms with E-state index in [1.54, 1.807) is 0 Å². The lowest BCUT2D eigenvalue weighted by Gasteiger charge is -2.18. The maximum absolute atomic E-state index is 11.2. The molecule has 1 heterocycles. The number of hydrogen-bond acceptors (Lipinski definition) is 3. The molecule has 0 bridgehead atoms. The van der Waals surface area contributed by atoms with Gasteiger partial charge in [-0.05, 0) is 13.3 Å². The molecule has 1 rings (SSSR count). The van der Waals surface area contributed by atoms with E-state index in [-0.39, 0.29) is 16.0 Å². The highest BCUT2D eigenvalue weighted by Crippen LogP contribution is 2.17. The van der Waals surface area contributed by atoms with Crippen molar-refractivity contribution in [3.8, 4) is 0 Å². The summed E-state index contributed by atoms with van der Waals surface area (Å²) < 4.78 is 0. The number of anilines is 1. The Balaban J connectivity index is 2.78. The van der Waals surface area contributed by atoms with E-state index in [1.165, 1.54) is 6.33 Å². The van der Waals surface area contributed by atoms with Crippen molar-refractivity contribution in [2.24, 2.45) is 0 Å². The molecule has 0 aromatic carbocycles. The molecule has 15 heavy (non-hydrogen) atoms. The van der Waals surface area contributed by atoms with E-state index in [9.17, 15) is 4.79 Å². The minimum Gasteiger partial charge on any atom is -0.358 e. The van der Waals surface area contributed by atoms with Crippen molar-refractivity contribution in [2.45, 2.75) is 18.7 Å². The molecule has 1 aromatic rings. The Hall–Kier alpha value is -0.740. The molecule has 0 spiro atoms. The standard InChI is InChI=1S/C9H13Cl2N3O/c1-6(10)3-4-14(2)8-7(11)9(15)13-5-12-8/h5-6H,3-4H2,1-2H3,(H,12,13,15). The van der Waals surface area contributed by atoms with Crippen LogP contribution in [0.25, 0.3) is 0 Å². The van der Waals surface area contributed by atoms with Gasteiger partial charge in [-0.1, -0.05) is 11.6 Å². The number of H-pyrrole nitrogens is 1. The maximum atomic E-state index is 11.2. The fourth-order valence-electron chi connectivity index (χ4n) is 1.12. The first kappa shape index (κ1) is 12.3. The van der Waals surface area contributed by atoms with Gasteiger partial charge < -0.3 is 9.88 Å². The van der Waals surface area contributed by atoms with Gasteiger partial charge in [0.1, 0.15) is 5.02 Å². The van der Waals surface area contributed by atoms with Crippen molar-refractivity contribution >= 4 is 29.0 Å². The summed E-state index contributed by atoms with van der Waals surface area (Å²) in [6, 6.07) is 0. The lowest BCUT2D eigenvalue weighted by Crippen LogP contribution is -2.24. The van der Waals surface area contributed by atoms with Crippen molar-refractivity contribution in [3.05, 3.63) is 21.7 Å². The molecule has 0 radical (unpaired) electrons. The Morgan fingerprint density at radius 3 is 2.93 bits per heavy atom. The predicted molar refractivity (Wildman–Crippen MR) is 63.1 cm³/mol. The molecule has 0 aliphatic heterocycles. The van der Waals surface area contributed by atoms with Gasteiger partial charge in [0.15, 0.2) is 5.82 Å². The molecule has 0 aliphatic rings. The lowest BCUT2D eigenvalue weighted by molar-refractivity contribution is 0.763. The summed E-state index contributed by atoms with van der Waals surface area (Å²) in [6.07, 6.45) is 2.15. The topological polar surface area (TPSA) is 49.0 Å². The Morgan fingerprint density at radius 1 is 1.67 bits per heavy atom. The number of nitrogens with zero attached hydrogens (tertiary/aromatic N) is 2. The zero-order valence-corrected chi connectivity index (χ0v) is 10.1. The van der Waals surface area contributed by atoms with E-state index in [0.717, 1.165) is 6.42 Å². The molecule has 6 heteroatoms. The highest BCUT2D eigenvalue weighted by Gasteiger charge is 2.10. The lowest BCUT2D eigenvalue weighted by atomic mass is 10.3. The van der Waals surface area contributed by atoms with E-state index < -0.39 is 0 Å². The Bertz CT molecular complexity index is 378. The van der Waals surface area contributed by atoms with E-state index >= 15 is 0 Å². The molecule has 0 amide bonds. The van der Waals surface area contributed by atoms with Crippen LogP contribution in [0.2, 0.25) is 5.02 Å². The number of halogens is 2. The molecule has 1 aromatic heterocycles. The fraction of sp³-hybridized carbons (Fsp3) is 0.556. The summed E-state index contributed by atoms with van der Waals surface area (Å²) in [4.78, 5) is 19.4. The number of rotatable bonds is 4. The van der Waals surface area contributed by atoms with E-state index in [2.05, 4.69) is 9.97 Å². The summed E-state index contributed by atoms with van der Waals surface area (Å²) in [5, 5.41) is 0.204. The smallest absolute Gasteiger partial charge is 0.271 e. The summed E-state index contributed by atoms with van der Waals surface area (Å²) in [6.45, 7) is 2.63. The van der Waals surface area contributed by atoms with Gasteiger partial charge in [-0.25, -0.2) is 4.98 Å². The Labute approximate surface area is 98.2 Å². The predicted octanol–water partition coefficient (Wildman–Crippen LogP) is 1.88. The number of aromatic nitrogens is 2. The first-order valence-corrected chi connectivity index (χ1v) is 5.42. The van der Waals surface area contributed by atoms with Crippen molar-refractivity contribution in [2.75, 3.05) is 18.5 Å². The summed E-state index contributed by atoms with van der Waals surface area (Å²) in [5.41, 5.74) is -0.326. The van der Waals surface area contributed by atoms with Gasteiger partial charge >= 0.3 is 0 Å². The van der Waals surface area contributed by atoms with E-state index in [0.29, 0.717) is 12.4 Å².